The lowest BCUT2D eigenvalue weighted by atomic mass is 10.1. The van der Waals surface area contributed by atoms with Crippen molar-refractivity contribution in [3.63, 3.8) is 0 Å². The van der Waals surface area contributed by atoms with Crippen LogP contribution < -0.4 is 5.32 Å². The summed E-state index contributed by atoms with van der Waals surface area (Å²) < 4.78 is 5.63. The van der Waals surface area contributed by atoms with Gasteiger partial charge in [-0.05, 0) is 38.2 Å². The van der Waals surface area contributed by atoms with Gasteiger partial charge in [-0.3, -0.25) is 4.90 Å². The average molecular weight is 248 g/mol. The molecule has 3 rings (SSSR count). The Morgan fingerprint density at radius 2 is 2.22 bits per heavy atom. The summed E-state index contributed by atoms with van der Waals surface area (Å²) in [7, 11) is 0. The minimum absolute atomic E-state index is 0.708. The van der Waals surface area contributed by atoms with E-state index >= 15 is 0 Å². The molecular weight excluding hydrogens is 224 g/mol. The van der Waals surface area contributed by atoms with Gasteiger partial charge in [-0.1, -0.05) is 6.92 Å². The van der Waals surface area contributed by atoms with Crippen LogP contribution in [0, 0.1) is 5.92 Å². The zero-order chi connectivity index (χ0) is 12.5. The van der Waals surface area contributed by atoms with Crippen LogP contribution >= 0.6 is 0 Å². The van der Waals surface area contributed by atoms with Crippen LogP contribution in [0.25, 0.3) is 0 Å². The summed E-state index contributed by atoms with van der Waals surface area (Å²) in [6.07, 6.45) is 5.82. The molecule has 0 bridgehead atoms. The molecule has 2 atom stereocenters. The summed E-state index contributed by atoms with van der Waals surface area (Å²) in [6.45, 7) is 7.85. The molecule has 0 radical (unpaired) electrons. The second kappa shape index (κ2) is 5.06. The Balaban J connectivity index is 1.59. The number of rotatable bonds is 5. The summed E-state index contributed by atoms with van der Waals surface area (Å²) in [5.74, 6) is 1.97. The van der Waals surface area contributed by atoms with Gasteiger partial charge in [-0.2, -0.15) is 0 Å². The topological polar surface area (TPSA) is 28.4 Å². The summed E-state index contributed by atoms with van der Waals surface area (Å²) in [6, 6.07) is 3.59. The molecule has 18 heavy (non-hydrogen) atoms. The van der Waals surface area contributed by atoms with E-state index in [0.29, 0.717) is 6.04 Å². The normalized spacial score (nSPS) is 29.0. The second-order valence-electron chi connectivity index (χ2n) is 6.14. The summed E-state index contributed by atoms with van der Waals surface area (Å²) in [5.41, 5.74) is 1.36. The van der Waals surface area contributed by atoms with Gasteiger partial charge in [0.2, 0.25) is 0 Å². The zero-order valence-electron chi connectivity index (χ0n) is 11.5. The van der Waals surface area contributed by atoms with Crippen molar-refractivity contribution < 1.29 is 4.42 Å². The second-order valence-corrected chi connectivity index (χ2v) is 6.14. The van der Waals surface area contributed by atoms with E-state index in [1.807, 2.05) is 6.26 Å². The van der Waals surface area contributed by atoms with E-state index in [2.05, 4.69) is 30.1 Å². The van der Waals surface area contributed by atoms with Crippen LogP contribution in [0.1, 0.15) is 44.4 Å². The number of nitrogens with zero attached hydrogens (tertiary/aromatic N) is 1. The molecule has 1 aliphatic carbocycles. The van der Waals surface area contributed by atoms with E-state index < -0.39 is 0 Å². The number of nitrogens with one attached hydrogen (secondary N) is 1. The van der Waals surface area contributed by atoms with Crippen molar-refractivity contribution in [2.75, 3.05) is 6.54 Å². The molecule has 1 aromatic rings. The SMILES string of the molecule is CC1CC(C)N(Cc2ccoc2CNC2CC2)C1. The smallest absolute Gasteiger partial charge is 0.122 e. The fraction of sp³-hybridized carbons (Fsp3) is 0.733. The molecule has 3 heteroatoms. The summed E-state index contributed by atoms with van der Waals surface area (Å²) >= 11 is 0. The fourth-order valence-corrected chi connectivity index (χ4v) is 3.01. The van der Waals surface area contributed by atoms with Crippen molar-refractivity contribution in [3.8, 4) is 0 Å². The Labute approximate surface area is 110 Å². The first-order valence-corrected chi connectivity index (χ1v) is 7.25. The van der Waals surface area contributed by atoms with Crippen LogP contribution in [0.3, 0.4) is 0 Å². The molecule has 1 saturated carbocycles. The maximum atomic E-state index is 5.63. The van der Waals surface area contributed by atoms with Gasteiger partial charge in [0, 0.05) is 30.7 Å². The quantitative estimate of drug-likeness (QED) is 0.868. The Morgan fingerprint density at radius 3 is 2.89 bits per heavy atom. The predicted molar refractivity (Wildman–Crippen MR) is 72.2 cm³/mol. The summed E-state index contributed by atoms with van der Waals surface area (Å²) in [5, 5.41) is 3.53. The molecule has 1 aromatic heterocycles. The van der Waals surface area contributed by atoms with Gasteiger partial charge in [0.1, 0.15) is 5.76 Å². The van der Waals surface area contributed by atoms with Crippen LogP contribution in [-0.4, -0.2) is 23.5 Å². The van der Waals surface area contributed by atoms with E-state index in [1.165, 1.54) is 31.4 Å². The third kappa shape index (κ3) is 2.78. The van der Waals surface area contributed by atoms with Crippen LogP contribution in [-0.2, 0) is 13.1 Å². The maximum Gasteiger partial charge on any atom is 0.122 e. The van der Waals surface area contributed by atoms with Crippen molar-refractivity contribution in [2.24, 2.45) is 5.92 Å². The molecule has 2 aliphatic rings. The molecule has 1 N–H and O–H groups in total. The maximum absolute atomic E-state index is 5.63. The number of hydrogen-bond donors (Lipinski definition) is 1. The zero-order valence-corrected chi connectivity index (χ0v) is 11.5. The highest BCUT2D eigenvalue weighted by atomic mass is 16.3. The van der Waals surface area contributed by atoms with E-state index in [1.54, 1.807) is 0 Å². The van der Waals surface area contributed by atoms with Gasteiger partial charge in [0.25, 0.3) is 0 Å². The third-order valence-electron chi connectivity index (χ3n) is 4.25. The first-order chi connectivity index (χ1) is 8.72. The van der Waals surface area contributed by atoms with Gasteiger partial charge in [-0.15, -0.1) is 0 Å². The number of hydrogen-bond acceptors (Lipinski definition) is 3. The Bertz CT molecular complexity index is 397. The van der Waals surface area contributed by atoms with E-state index in [9.17, 15) is 0 Å². The van der Waals surface area contributed by atoms with Gasteiger partial charge in [0.05, 0.1) is 12.8 Å². The average Bonchev–Trinajstić information content (AvgIpc) is 2.97. The highest BCUT2D eigenvalue weighted by Gasteiger charge is 2.27. The first-order valence-electron chi connectivity index (χ1n) is 7.25. The Hall–Kier alpha value is -0.800. The van der Waals surface area contributed by atoms with Crippen molar-refractivity contribution in [1.29, 1.82) is 0 Å². The lowest BCUT2D eigenvalue weighted by Crippen LogP contribution is -2.27. The van der Waals surface area contributed by atoms with Gasteiger partial charge in [-0.25, -0.2) is 0 Å². The lowest BCUT2D eigenvalue weighted by molar-refractivity contribution is 0.254. The van der Waals surface area contributed by atoms with Gasteiger partial charge < -0.3 is 9.73 Å². The lowest BCUT2D eigenvalue weighted by Gasteiger charge is -2.20. The monoisotopic (exact) mass is 248 g/mol. The molecule has 0 aromatic carbocycles. The van der Waals surface area contributed by atoms with Crippen molar-refractivity contribution in [3.05, 3.63) is 23.7 Å². The number of furan rings is 1. The molecule has 3 nitrogen and oxygen atoms in total. The summed E-state index contributed by atoms with van der Waals surface area (Å²) in [4.78, 5) is 2.58. The van der Waals surface area contributed by atoms with E-state index in [4.69, 9.17) is 4.42 Å². The van der Waals surface area contributed by atoms with Crippen LogP contribution in [0.15, 0.2) is 16.7 Å². The van der Waals surface area contributed by atoms with Crippen molar-refractivity contribution in [2.45, 2.75) is 58.3 Å². The van der Waals surface area contributed by atoms with Crippen LogP contribution in [0.4, 0.5) is 0 Å². The number of likely N-dealkylation sites (tertiary alicyclic amines) is 1. The fourth-order valence-electron chi connectivity index (χ4n) is 3.01. The van der Waals surface area contributed by atoms with Crippen LogP contribution in [0.5, 0.6) is 0 Å². The minimum Gasteiger partial charge on any atom is -0.468 e. The van der Waals surface area contributed by atoms with E-state index in [0.717, 1.165) is 30.8 Å². The molecule has 1 saturated heterocycles. The highest BCUT2D eigenvalue weighted by Crippen LogP contribution is 2.26. The molecule has 1 aliphatic heterocycles. The molecular formula is C15H24N2O. The van der Waals surface area contributed by atoms with Crippen molar-refractivity contribution in [1.82, 2.24) is 10.2 Å². The van der Waals surface area contributed by atoms with Crippen LogP contribution in [0.2, 0.25) is 0 Å². The molecule has 2 heterocycles. The molecule has 2 unspecified atom stereocenters. The molecule has 0 spiro atoms. The Kier molecular flexibility index (Phi) is 3.44. The van der Waals surface area contributed by atoms with Gasteiger partial charge in [0.15, 0.2) is 0 Å². The molecule has 2 fully saturated rings. The highest BCUT2D eigenvalue weighted by molar-refractivity contribution is 5.17. The minimum atomic E-state index is 0.708. The van der Waals surface area contributed by atoms with Gasteiger partial charge >= 0.3 is 0 Å². The van der Waals surface area contributed by atoms with Crippen molar-refractivity contribution >= 4 is 0 Å². The standard InChI is InChI=1S/C15H24N2O/c1-11-7-12(2)17(9-11)10-13-5-6-18-15(13)8-16-14-3-4-14/h5-6,11-12,14,16H,3-4,7-10H2,1-2H3. The third-order valence-corrected chi connectivity index (χ3v) is 4.25. The molecule has 0 amide bonds. The van der Waals surface area contributed by atoms with E-state index in [-0.39, 0.29) is 0 Å². The molecule has 100 valence electrons. The predicted octanol–water partition coefficient (Wildman–Crippen LogP) is 2.76. The first kappa shape index (κ1) is 12.2. The largest absolute Gasteiger partial charge is 0.468 e. The Morgan fingerprint density at radius 1 is 1.39 bits per heavy atom.